The molecule has 1 aliphatic heterocycles. The first kappa shape index (κ1) is 12.9. The highest BCUT2D eigenvalue weighted by Gasteiger charge is 2.28. The predicted octanol–water partition coefficient (Wildman–Crippen LogP) is 3.09. The topological polar surface area (TPSA) is 18.5 Å². The Labute approximate surface area is 95.4 Å². The van der Waals surface area contributed by atoms with Gasteiger partial charge in [0.15, 0.2) is 0 Å². The van der Waals surface area contributed by atoms with Crippen molar-refractivity contribution in [2.24, 2.45) is 0 Å². The third-order valence-corrected chi connectivity index (χ3v) is 5.58. The van der Waals surface area contributed by atoms with Gasteiger partial charge in [0.25, 0.3) is 0 Å². The second-order valence-electron chi connectivity index (χ2n) is 4.29. The average Bonchev–Trinajstić information content (AvgIpc) is 2.26. The van der Waals surface area contributed by atoms with E-state index < -0.39 is 9.04 Å². The molecule has 1 rings (SSSR count). The second-order valence-corrected chi connectivity index (χ2v) is 6.66. The monoisotopic (exact) mass is 227 g/mol. The Hall–Kier alpha value is -0.123. The summed E-state index contributed by atoms with van der Waals surface area (Å²) in [6.45, 7) is 11.2. The summed E-state index contributed by atoms with van der Waals surface area (Å²) in [7, 11) is -0.729. The van der Waals surface area contributed by atoms with Crippen molar-refractivity contribution >= 4 is 9.04 Å². The highest BCUT2D eigenvalue weighted by molar-refractivity contribution is 6.53. The van der Waals surface area contributed by atoms with E-state index in [9.17, 15) is 0 Å². The standard InChI is InChI=1S/C12H23O2Si/c1-5-12(14-11(4)10(2)3)15-9-7-6-8-13-15/h11-12H,2,5-9H2,1,3-4H3. The van der Waals surface area contributed by atoms with Gasteiger partial charge in [-0.2, -0.15) is 0 Å². The maximum atomic E-state index is 6.02. The Morgan fingerprint density at radius 2 is 2.27 bits per heavy atom. The van der Waals surface area contributed by atoms with Gasteiger partial charge in [-0.15, -0.1) is 0 Å². The molecule has 1 fully saturated rings. The molecule has 1 radical (unpaired) electrons. The molecule has 1 saturated heterocycles. The number of rotatable bonds is 5. The number of ether oxygens (including phenoxy) is 1. The minimum atomic E-state index is -0.729. The molecule has 3 heteroatoms. The zero-order chi connectivity index (χ0) is 11.3. The third-order valence-electron chi connectivity index (χ3n) is 2.90. The van der Waals surface area contributed by atoms with Crippen LogP contribution in [0.3, 0.4) is 0 Å². The van der Waals surface area contributed by atoms with Crippen LogP contribution in [0, 0.1) is 0 Å². The molecule has 2 nitrogen and oxygen atoms in total. The molecule has 1 aliphatic rings. The van der Waals surface area contributed by atoms with E-state index in [1.54, 1.807) is 0 Å². The largest absolute Gasteiger partial charge is 0.414 e. The lowest BCUT2D eigenvalue weighted by Gasteiger charge is -2.30. The molecule has 2 unspecified atom stereocenters. The zero-order valence-corrected chi connectivity index (χ0v) is 11.2. The van der Waals surface area contributed by atoms with Gasteiger partial charge < -0.3 is 9.16 Å². The van der Waals surface area contributed by atoms with Crippen LogP contribution in [0.25, 0.3) is 0 Å². The van der Waals surface area contributed by atoms with Crippen molar-refractivity contribution in [3.8, 4) is 0 Å². The fraction of sp³-hybridized carbons (Fsp3) is 0.833. The third kappa shape index (κ3) is 4.09. The fourth-order valence-electron chi connectivity index (χ4n) is 1.69. The van der Waals surface area contributed by atoms with Crippen LogP contribution in [0.1, 0.15) is 40.0 Å². The van der Waals surface area contributed by atoms with Gasteiger partial charge in [0.1, 0.15) is 0 Å². The predicted molar refractivity (Wildman–Crippen MR) is 65.2 cm³/mol. The Balaban J connectivity index is 2.43. The zero-order valence-electron chi connectivity index (χ0n) is 10.2. The summed E-state index contributed by atoms with van der Waals surface area (Å²) in [6.07, 6.45) is 3.76. The minimum Gasteiger partial charge on any atom is -0.414 e. The van der Waals surface area contributed by atoms with Crippen molar-refractivity contribution in [2.75, 3.05) is 6.61 Å². The van der Waals surface area contributed by atoms with Gasteiger partial charge in [-0.25, -0.2) is 0 Å². The molecule has 1 heterocycles. The Bertz CT molecular complexity index is 200. The van der Waals surface area contributed by atoms with E-state index in [0.717, 1.165) is 18.6 Å². The maximum absolute atomic E-state index is 6.02. The number of hydrogen-bond acceptors (Lipinski definition) is 2. The van der Waals surface area contributed by atoms with Crippen LogP contribution in [0.15, 0.2) is 12.2 Å². The van der Waals surface area contributed by atoms with Crippen LogP contribution in [0.4, 0.5) is 0 Å². The van der Waals surface area contributed by atoms with Crippen molar-refractivity contribution in [1.29, 1.82) is 0 Å². The van der Waals surface area contributed by atoms with Crippen LogP contribution in [-0.4, -0.2) is 27.5 Å². The van der Waals surface area contributed by atoms with E-state index in [-0.39, 0.29) is 6.10 Å². The lowest BCUT2D eigenvalue weighted by molar-refractivity contribution is 0.0448. The highest BCUT2D eigenvalue weighted by atomic mass is 28.3. The maximum Gasteiger partial charge on any atom is 0.241 e. The summed E-state index contributed by atoms with van der Waals surface area (Å²) in [5, 5.41) is 0. The van der Waals surface area contributed by atoms with Gasteiger partial charge in [0.05, 0.1) is 11.8 Å². The van der Waals surface area contributed by atoms with Crippen molar-refractivity contribution in [2.45, 2.75) is 57.9 Å². The molecular weight excluding hydrogens is 204 g/mol. The van der Waals surface area contributed by atoms with Crippen LogP contribution in [0.2, 0.25) is 6.04 Å². The van der Waals surface area contributed by atoms with Crippen molar-refractivity contribution in [1.82, 2.24) is 0 Å². The summed E-state index contributed by atoms with van der Waals surface area (Å²) in [4.78, 5) is 0. The van der Waals surface area contributed by atoms with E-state index in [1.165, 1.54) is 18.9 Å². The minimum absolute atomic E-state index is 0.165. The molecule has 0 aliphatic carbocycles. The van der Waals surface area contributed by atoms with E-state index in [1.807, 2.05) is 6.92 Å². The van der Waals surface area contributed by atoms with Gasteiger partial charge in [-0.1, -0.05) is 25.5 Å². The Morgan fingerprint density at radius 1 is 1.53 bits per heavy atom. The van der Waals surface area contributed by atoms with E-state index in [2.05, 4.69) is 20.4 Å². The van der Waals surface area contributed by atoms with Gasteiger partial charge in [-0.3, -0.25) is 0 Å². The molecule has 2 atom stereocenters. The summed E-state index contributed by atoms with van der Waals surface area (Å²) in [6, 6.07) is 1.24. The molecule has 0 N–H and O–H groups in total. The van der Waals surface area contributed by atoms with Gasteiger partial charge >= 0.3 is 0 Å². The van der Waals surface area contributed by atoms with Crippen molar-refractivity contribution < 1.29 is 9.16 Å². The fourth-order valence-corrected chi connectivity index (χ4v) is 4.16. The first-order valence-electron chi connectivity index (χ1n) is 5.94. The second kappa shape index (κ2) is 6.46. The Kier molecular flexibility index (Phi) is 5.57. The highest BCUT2D eigenvalue weighted by Crippen LogP contribution is 2.19. The van der Waals surface area contributed by atoms with Crippen molar-refractivity contribution in [3.63, 3.8) is 0 Å². The summed E-state index contributed by atoms with van der Waals surface area (Å²) in [5.74, 6) is 0. The SMILES string of the molecule is C=C(C)C(C)OC(CC)[Si]1CCCCO1. The van der Waals surface area contributed by atoms with Gasteiger partial charge in [0, 0.05) is 6.61 Å². The van der Waals surface area contributed by atoms with Crippen molar-refractivity contribution in [3.05, 3.63) is 12.2 Å². The van der Waals surface area contributed by atoms with Crippen LogP contribution < -0.4 is 0 Å². The summed E-state index contributed by atoms with van der Waals surface area (Å²) in [5.41, 5.74) is 1.44. The summed E-state index contributed by atoms with van der Waals surface area (Å²) >= 11 is 0. The quantitative estimate of drug-likeness (QED) is 0.531. The smallest absolute Gasteiger partial charge is 0.241 e. The first-order chi connectivity index (χ1) is 7.15. The lowest BCUT2D eigenvalue weighted by atomic mass is 10.2. The Morgan fingerprint density at radius 3 is 2.73 bits per heavy atom. The van der Waals surface area contributed by atoms with E-state index >= 15 is 0 Å². The molecule has 0 bridgehead atoms. The molecule has 0 aromatic heterocycles. The summed E-state index contributed by atoms with van der Waals surface area (Å²) < 4.78 is 11.9. The molecule has 0 spiro atoms. The van der Waals surface area contributed by atoms with Crippen LogP contribution in [-0.2, 0) is 9.16 Å². The van der Waals surface area contributed by atoms with Gasteiger partial charge in [0.2, 0.25) is 9.04 Å². The number of hydrogen-bond donors (Lipinski definition) is 0. The van der Waals surface area contributed by atoms with Crippen LogP contribution >= 0.6 is 0 Å². The van der Waals surface area contributed by atoms with Crippen LogP contribution in [0.5, 0.6) is 0 Å². The van der Waals surface area contributed by atoms with E-state index in [0.29, 0.717) is 5.73 Å². The molecule has 0 aromatic rings. The molecule has 0 aromatic carbocycles. The molecule has 0 amide bonds. The molecule has 0 saturated carbocycles. The lowest BCUT2D eigenvalue weighted by Crippen LogP contribution is -2.40. The molecular formula is C12H23O2Si. The molecule has 15 heavy (non-hydrogen) atoms. The first-order valence-corrected chi connectivity index (χ1v) is 7.63. The van der Waals surface area contributed by atoms with Gasteiger partial charge in [-0.05, 0) is 32.7 Å². The van der Waals surface area contributed by atoms with E-state index in [4.69, 9.17) is 9.16 Å². The average molecular weight is 227 g/mol. The molecule has 87 valence electrons. The normalized spacial score (nSPS) is 22.3.